The second kappa shape index (κ2) is 16.1. The Labute approximate surface area is 386 Å². The molecule has 1 saturated carbocycles. The van der Waals surface area contributed by atoms with Crippen LogP contribution in [-0.2, 0) is 14.8 Å². The van der Waals surface area contributed by atoms with Crippen molar-refractivity contribution < 1.29 is 36.2 Å². The van der Waals surface area contributed by atoms with Gasteiger partial charge in [0.1, 0.15) is 53.2 Å². The van der Waals surface area contributed by atoms with Crippen LogP contribution in [0.1, 0.15) is 83.0 Å². The molecule has 4 saturated heterocycles. The van der Waals surface area contributed by atoms with Crippen LogP contribution in [0.3, 0.4) is 0 Å². The number of nitrogens with zero attached hydrogens (tertiary/aromatic N) is 9. The number of benzene rings is 3. The minimum atomic E-state index is -3.99. The monoisotopic (exact) mass is 929 g/mol. The van der Waals surface area contributed by atoms with Crippen LogP contribution in [-0.4, -0.2) is 116 Å². The SMILES string of the molecule is C#Cc1c(F)ccc2cccc(-c3ncc4c(N5CC6CCC(C5)N6C(=O)OC(C)(C)C)nc(OC[C@]56CCCN5C[C@H](Oc5cccc(S(=O)(=O)n7cnc(C8CC8)n7)c5)C6)nc4c3F)c12. The number of aromatic nitrogens is 6. The fourth-order valence-electron chi connectivity index (χ4n) is 10.6. The maximum atomic E-state index is 17.4. The number of carbonyl (C=O) groups excluding carboxylic acids is 1. The number of ether oxygens (including phenoxy) is 3. The van der Waals surface area contributed by atoms with Crippen molar-refractivity contribution in [2.75, 3.05) is 37.7 Å². The summed E-state index contributed by atoms with van der Waals surface area (Å²) in [6.07, 6.45) is 13.7. The lowest BCUT2D eigenvalue weighted by atomic mass is 9.94. The molecule has 4 atom stereocenters. The van der Waals surface area contributed by atoms with Crippen LogP contribution < -0.4 is 14.4 Å². The molecule has 2 bridgehead atoms. The van der Waals surface area contributed by atoms with Gasteiger partial charge in [0.25, 0.3) is 10.0 Å². The first kappa shape index (κ1) is 43.1. The van der Waals surface area contributed by atoms with Gasteiger partial charge in [-0.15, -0.1) is 15.6 Å². The fraction of sp³-hybridized carbons (Fsp3) is 0.429. The van der Waals surface area contributed by atoms with Crippen molar-refractivity contribution >= 4 is 43.6 Å². The minimum absolute atomic E-state index is 0.00566. The molecule has 0 radical (unpaired) electrons. The lowest BCUT2D eigenvalue weighted by Gasteiger charge is -2.42. The number of terminal acetylenes is 1. The van der Waals surface area contributed by atoms with E-state index in [1.165, 1.54) is 30.7 Å². The van der Waals surface area contributed by atoms with Crippen molar-refractivity contribution in [1.29, 1.82) is 0 Å². The first-order valence-electron chi connectivity index (χ1n) is 22.8. The van der Waals surface area contributed by atoms with E-state index in [4.69, 9.17) is 30.6 Å². The zero-order valence-electron chi connectivity index (χ0n) is 37.4. The zero-order valence-corrected chi connectivity index (χ0v) is 38.2. The molecule has 1 aliphatic carbocycles. The van der Waals surface area contributed by atoms with Gasteiger partial charge in [0.2, 0.25) is 0 Å². The number of fused-ring (bicyclic) bond motifs is 5. The van der Waals surface area contributed by atoms with E-state index in [0.29, 0.717) is 65.2 Å². The highest BCUT2D eigenvalue weighted by molar-refractivity contribution is 7.89. The van der Waals surface area contributed by atoms with Crippen LogP contribution in [0.25, 0.3) is 32.9 Å². The smallest absolute Gasteiger partial charge is 0.410 e. The Morgan fingerprint density at radius 2 is 1.78 bits per heavy atom. The molecule has 5 fully saturated rings. The van der Waals surface area contributed by atoms with Crippen LogP contribution in [0, 0.1) is 24.0 Å². The normalized spacial score (nSPS) is 22.9. The third-order valence-electron chi connectivity index (χ3n) is 13.8. The lowest BCUT2D eigenvalue weighted by Crippen LogP contribution is -2.57. The average Bonchev–Trinajstić information content (AvgIpc) is 3.58. The third kappa shape index (κ3) is 7.75. The van der Waals surface area contributed by atoms with Crippen molar-refractivity contribution in [2.45, 2.75) is 106 Å². The second-order valence-corrected chi connectivity index (χ2v) is 21.2. The Hall–Kier alpha value is -6.45. The van der Waals surface area contributed by atoms with Gasteiger partial charge in [-0.25, -0.2) is 18.6 Å². The van der Waals surface area contributed by atoms with Crippen molar-refractivity contribution in [1.82, 2.24) is 38.9 Å². The van der Waals surface area contributed by atoms with Gasteiger partial charge in [-0.3, -0.25) is 14.8 Å². The lowest BCUT2D eigenvalue weighted by molar-refractivity contribution is 0.0122. The predicted molar refractivity (Wildman–Crippen MR) is 244 cm³/mol. The number of hydrogen-bond donors (Lipinski definition) is 0. The largest absolute Gasteiger partial charge is 0.489 e. The van der Waals surface area contributed by atoms with Crippen LogP contribution in [0.15, 0.2) is 72.0 Å². The number of pyridine rings is 1. The van der Waals surface area contributed by atoms with Crippen molar-refractivity contribution in [3.8, 4) is 35.4 Å². The summed E-state index contributed by atoms with van der Waals surface area (Å²) in [7, 11) is -3.99. The predicted octanol–water partition coefficient (Wildman–Crippen LogP) is 7.46. The molecular formula is C49H49F2N9O6S. The molecule has 11 rings (SSSR count). The van der Waals surface area contributed by atoms with E-state index >= 15 is 8.78 Å². The van der Waals surface area contributed by atoms with Gasteiger partial charge in [0.05, 0.1) is 33.5 Å². The van der Waals surface area contributed by atoms with Gasteiger partial charge in [-0.1, -0.05) is 36.3 Å². The summed E-state index contributed by atoms with van der Waals surface area (Å²) in [5.74, 6) is 2.68. The number of piperazine rings is 1. The summed E-state index contributed by atoms with van der Waals surface area (Å²) in [4.78, 5) is 38.2. The Morgan fingerprint density at radius 1 is 0.985 bits per heavy atom. The molecule has 7 heterocycles. The highest BCUT2D eigenvalue weighted by Crippen LogP contribution is 2.43. The fourth-order valence-corrected chi connectivity index (χ4v) is 11.6. The molecule has 4 aliphatic heterocycles. The van der Waals surface area contributed by atoms with E-state index in [9.17, 15) is 13.2 Å². The first-order valence-corrected chi connectivity index (χ1v) is 24.2. The Balaban J connectivity index is 0.902. The van der Waals surface area contributed by atoms with Gasteiger partial charge in [0.15, 0.2) is 11.6 Å². The molecule has 346 valence electrons. The van der Waals surface area contributed by atoms with Gasteiger partial charge >= 0.3 is 12.1 Å². The topological polar surface area (TPSA) is 158 Å². The molecule has 18 heteroatoms. The van der Waals surface area contributed by atoms with E-state index < -0.39 is 32.8 Å². The molecule has 15 nitrogen and oxygen atoms in total. The van der Waals surface area contributed by atoms with Crippen molar-refractivity contribution in [3.05, 3.63) is 90.1 Å². The second-order valence-electron chi connectivity index (χ2n) is 19.4. The van der Waals surface area contributed by atoms with Crippen LogP contribution in [0.5, 0.6) is 11.8 Å². The van der Waals surface area contributed by atoms with Crippen LogP contribution in [0.2, 0.25) is 0 Å². The Kier molecular flexibility index (Phi) is 10.4. The number of carbonyl (C=O) groups is 1. The number of anilines is 1. The number of halogens is 2. The standard InChI is InChI=1S/C49H49F2N9O6S/c1-5-36-39(50)18-15-29-9-6-12-37(40(29)36)42-41(51)43-38(23-52-42)45(57-24-31-16-17-32(25-57)60(31)47(61)66-48(2,3)4)55-46(54-43)64-27-49-19-8-20-58(49)26-34(22-49)65-33-10-7-11-35(21-33)67(62,63)59-28-53-44(56-59)30-13-14-30/h1,6-7,9-12,15,18,21,23,28,30-32,34H,8,13-14,16-17,19-20,22,24-27H2,2-4H3/t31?,32?,34-,49-/m1/s1. The Bertz CT molecular complexity index is 3120. The zero-order chi connectivity index (χ0) is 46.4. The van der Waals surface area contributed by atoms with Gasteiger partial charge in [-0.2, -0.15) is 18.4 Å². The number of amides is 1. The summed E-state index contributed by atoms with van der Waals surface area (Å²) in [5.41, 5.74) is -0.883. The maximum Gasteiger partial charge on any atom is 0.410 e. The first-order chi connectivity index (χ1) is 32.2. The summed E-state index contributed by atoms with van der Waals surface area (Å²) in [6.45, 7) is 7.92. The molecular weight excluding hydrogens is 881 g/mol. The Morgan fingerprint density at radius 3 is 2.54 bits per heavy atom. The van der Waals surface area contributed by atoms with Gasteiger partial charge in [-0.05, 0) is 89.4 Å². The van der Waals surface area contributed by atoms with Crippen molar-refractivity contribution in [3.63, 3.8) is 0 Å². The van der Waals surface area contributed by atoms with E-state index in [-0.39, 0.29) is 64.5 Å². The van der Waals surface area contributed by atoms with Gasteiger partial charge in [0, 0.05) is 55.2 Å². The molecule has 2 unspecified atom stereocenters. The van der Waals surface area contributed by atoms with Gasteiger partial charge < -0.3 is 19.1 Å². The van der Waals surface area contributed by atoms with E-state index in [0.717, 1.165) is 49.2 Å². The molecule has 6 aromatic rings. The van der Waals surface area contributed by atoms with E-state index in [1.807, 2.05) is 30.6 Å². The van der Waals surface area contributed by atoms with E-state index in [2.05, 4.69) is 25.9 Å². The molecule has 67 heavy (non-hydrogen) atoms. The maximum absolute atomic E-state index is 17.4. The summed E-state index contributed by atoms with van der Waals surface area (Å²) in [5, 5.41) is 5.60. The third-order valence-corrected chi connectivity index (χ3v) is 15.3. The molecule has 0 N–H and O–H groups in total. The summed E-state index contributed by atoms with van der Waals surface area (Å²) in [6, 6.07) is 14.1. The summed E-state index contributed by atoms with van der Waals surface area (Å²) < 4.78 is 79.4. The minimum Gasteiger partial charge on any atom is -0.489 e. The molecule has 3 aromatic carbocycles. The van der Waals surface area contributed by atoms with Crippen LogP contribution >= 0.6 is 0 Å². The quantitative estimate of drug-likeness (QED) is 0.125. The summed E-state index contributed by atoms with van der Waals surface area (Å²) >= 11 is 0. The molecule has 3 aromatic heterocycles. The molecule has 1 amide bonds. The highest BCUT2D eigenvalue weighted by atomic mass is 32.2. The average molecular weight is 930 g/mol. The highest BCUT2D eigenvalue weighted by Gasteiger charge is 2.50. The van der Waals surface area contributed by atoms with E-state index in [1.54, 1.807) is 36.4 Å². The number of hydrogen-bond acceptors (Lipinski definition) is 13. The molecule has 0 spiro atoms. The van der Waals surface area contributed by atoms with Crippen molar-refractivity contribution in [2.24, 2.45) is 0 Å². The number of rotatable bonds is 10. The molecule has 5 aliphatic rings. The van der Waals surface area contributed by atoms with Crippen LogP contribution in [0.4, 0.5) is 19.4 Å².